The Hall–Kier alpha value is -2.79. The zero-order chi connectivity index (χ0) is 21.6. The minimum absolute atomic E-state index is 0.208. The molecule has 1 fully saturated rings. The minimum Gasteiger partial charge on any atom is -0.489 e. The maximum Gasteiger partial charge on any atom is 0.336 e. The molecule has 0 N–H and O–H groups in total. The van der Waals surface area contributed by atoms with Crippen molar-refractivity contribution in [3.05, 3.63) is 70.6 Å². The van der Waals surface area contributed by atoms with E-state index in [4.69, 9.17) is 18.6 Å². The maximum atomic E-state index is 11.4. The van der Waals surface area contributed by atoms with E-state index in [-0.39, 0.29) is 18.0 Å². The van der Waals surface area contributed by atoms with E-state index >= 15 is 0 Å². The van der Waals surface area contributed by atoms with Gasteiger partial charge in [0.1, 0.15) is 23.7 Å². The van der Waals surface area contributed by atoms with Crippen molar-refractivity contribution >= 4 is 11.0 Å². The van der Waals surface area contributed by atoms with Crippen LogP contribution in [0.3, 0.4) is 0 Å². The predicted octanol–water partition coefficient (Wildman–Crippen LogP) is 6.08. The molecule has 2 aromatic carbocycles. The van der Waals surface area contributed by atoms with Crippen molar-refractivity contribution in [3.8, 4) is 11.5 Å². The average Bonchev–Trinajstić information content (AvgIpc) is 3.11. The molecule has 1 aromatic heterocycles. The molecule has 2 heterocycles. The van der Waals surface area contributed by atoms with Gasteiger partial charge in [0.25, 0.3) is 0 Å². The van der Waals surface area contributed by atoms with Gasteiger partial charge in [0.15, 0.2) is 6.29 Å². The Morgan fingerprint density at radius 3 is 2.74 bits per heavy atom. The molecule has 0 radical (unpaired) electrons. The highest BCUT2D eigenvalue weighted by molar-refractivity contribution is 5.76. The van der Waals surface area contributed by atoms with Gasteiger partial charge in [-0.3, -0.25) is 0 Å². The van der Waals surface area contributed by atoms with Crippen molar-refractivity contribution in [1.82, 2.24) is 0 Å². The van der Waals surface area contributed by atoms with E-state index in [2.05, 4.69) is 13.8 Å². The monoisotopic (exact) mass is 422 g/mol. The van der Waals surface area contributed by atoms with Gasteiger partial charge in [0.05, 0.1) is 6.10 Å². The molecular weight excluding hydrogens is 392 g/mol. The summed E-state index contributed by atoms with van der Waals surface area (Å²) in [6.07, 6.45) is 5.76. The van der Waals surface area contributed by atoms with Crippen LogP contribution in [0.2, 0.25) is 0 Å². The number of fused-ring (bicyclic) bond motifs is 1. The van der Waals surface area contributed by atoms with Gasteiger partial charge >= 0.3 is 5.63 Å². The summed E-state index contributed by atoms with van der Waals surface area (Å²) < 4.78 is 23.4. The topological polar surface area (TPSA) is 57.9 Å². The van der Waals surface area contributed by atoms with Gasteiger partial charge < -0.3 is 18.6 Å². The second kappa shape index (κ2) is 10.0. The van der Waals surface area contributed by atoms with E-state index in [1.165, 1.54) is 25.3 Å². The predicted molar refractivity (Wildman–Crippen MR) is 120 cm³/mol. The molecule has 1 aliphatic rings. The van der Waals surface area contributed by atoms with Crippen LogP contribution in [-0.4, -0.2) is 12.4 Å². The Morgan fingerprint density at radius 2 is 1.87 bits per heavy atom. The molecular formula is C26H30O5. The zero-order valence-electron chi connectivity index (χ0n) is 18.2. The van der Waals surface area contributed by atoms with Gasteiger partial charge in [-0.1, -0.05) is 51.3 Å². The minimum atomic E-state index is -0.355. The smallest absolute Gasteiger partial charge is 0.336 e. The Kier molecular flexibility index (Phi) is 6.92. The van der Waals surface area contributed by atoms with E-state index in [0.29, 0.717) is 18.1 Å². The first-order valence-corrected chi connectivity index (χ1v) is 11.2. The fourth-order valence-corrected chi connectivity index (χ4v) is 4.01. The van der Waals surface area contributed by atoms with Crippen molar-refractivity contribution in [1.29, 1.82) is 0 Å². The molecule has 0 bridgehead atoms. The fraction of sp³-hybridized carbons (Fsp3) is 0.423. The lowest BCUT2D eigenvalue weighted by Gasteiger charge is -2.16. The quantitative estimate of drug-likeness (QED) is 0.309. The van der Waals surface area contributed by atoms with Gasteiger partial charge in [-0.25, -0.2) is 4.79 Å². The first-order valence-electron chi connectivity index (χ1n) is 11.2. The Labute approximate surface area is 182 Å². The molecule has 0 spiro atoms. The van der Waals surface area contributed by atoms with Crippen LogP contribution in [0.5, 0.6) is 11.5 Å². The summed E-state index contributed by atoms with van der Waals surface area (Å²) in [5.41, 5.74) is 1.13. The van der Waals surface area contributed by atoms with Crippen LogP contribution >= 0.6 is 0 Å². The maximum absolute atomic E-state index is 11.4. The molecule has 0 aliphatic carbocycles. The molecule has 1 aliphatic heterocycles. The van der Waals surface area contributed by atoms with E-state index < -0.39 is 0 Å². The highest BCUT2D eigenvalue weighted by Crippen LogP contribution is 2.32. The highest BCUT2D eigenvalue weighted by atomic mass is 16.7. The van der Waals surface area contributed by atoms with Gasteiger partial charge in [0, 0.05) is 23.9 Å². The van der Waals surface area contributed by atoms with E-state index in [9.17, 15) is 4.79 Å². The molecule has 31 heavy (non-hydrogen) atoms. The molecule has 3 atom stereocenters. The Morgan fingerprint density at radius 1 is 1.03 bits per heavy atom. The Bertz CT molecular complexity index is 1060. The molecule has 3 aromatic rings. The number of benzene rings is 2. The molecule has 2 unspecified atom stereocenters. The second-order valence-electron chi connectivity index (χ2n) is 8.32. The number of ether oxygens (including phenoxy) is 3. The second-order valence-corrected chi connectivity index (χ2v) is 8.32. The van der Waals surface area contributed by atoms with E-state index in [0.717, 1.165) is 35.3 Å². The first-order chi connectivity index (χ1) is 15.1. The third-order valence-electron chi connectivity index (χ3n) is 5.78. The van der Waals surface area contributed by atoms with Crippen LogP contribution in [0.1, 0.15) is 51.5 Å². The van der Waals surface area contributed by atoms with Gasteiger partial charge in [-0.2, -0.15) is 0 Å². The third kappa shape index (κ3) is 5.67. The number of unbranched alkanes of at least 4 members (excludes halogenated alkanes) is 2. The van der Waals surface area contributed by atoms with Gasteiger partial charge in [-0.15, -0.1) is 0 Å². The van der Waals surface area contributed by atoms with Crippen molar-refractivity contribution < 1.29 is 18.6 Å². The van der Waals surface area contributed by atoms with Crippen LogP contribution in [-0.2, 0) is 11.3 Å². The Balaban J connectivity index is 1.34. The lowest BCUT2D eigenvalue weighted by molar-refractivity contribution is -0.0771. The number of hydrogen-bond donors (Lipinski definition) is 0. The summed E-state index contributed by atoms with van der Waals surface area (Å²) in [5, 5.41) is 0.887. The van der Waals surface area contributed by atoms with Crippen molar-refractivity contribution in [2.75, 3.05) is 0 Å². The summed E-state index contributed by atoms with van der Waals surface area (Å²) in [4.78, 5) is 11.4. The largest absolute Gasteiger partial charge is 0.489 e. The normalized spacial score (nSPS) is 20.8. The lowest BCUT2D eigenvalue weighted by Crippen LogP contribution is -2.18. The molecule has 5 heteroatoms. The molecule has 164 valence electrons. The summed E-state index contributed by atoms with van der Waals surface area (Å²) in [5.74, 6) is 1.97. The standard InChI is InChI=1S/C26H30O5/c1-3-4-5-9-23-18(2)14-26(31-23)29-22-8-6-7-21(16-22)28-17-19-10-11-20-12-13-25(27)30-24(20)15-19/h6-8,10-13,15-16,18,23,26H,3-5,9,14,17H2,1-2H3/t18-,23?,26?/m1/s1. The summed E-state index contributed by atoms with van der Waals surface area (Å²) in [6.45, 7) is 4.83. The van der Waals surface area contributed by atoms with Gasteiger partial charge in [-0.05, 0) is 42.2 Å². The van der Waals surface area contributed by atoms with Gasteiger partial charge in [0.2, 0.25) is 0 Å². The molecule has 0 saturated carbocycles. The molecule has 1 saturated heterocycles. The van der Waals surface area contributed by atoms with Crippen LogP contribution in [0, 0.1) is 5.92 Å². The average molecular weight is 423 g/mol. The van der Waals surface area contributed by atoms with Crippen LogP contribution in [0.15, 0.2) is 63.8 Å². The van der Waals surface area contributed by atoms with Crippen LogP contribution in [0.25, 0.3) is 11.0 Å². The zero-order valence-corrected chi connectivity index (χ0v) is 18.2. The van der Waals surface area contributed by atoms with Crippen LogP contribution < -0.4 is 15.1 Å². The first kappa shape index (κ1) is 21.4. The third-order valence-corrected chi connectivity index (χ3v) is 5.78. The lowest BCUT2D eigenvalue weighted by atomic mass is 9.99. The molecule has 5 nitrogen and oxygen atoms in total. The molecule has 0 amide bonds. The van der Waals surface area contributed by atoms with Crippen molar-refractivity contribution in [3.63, 3.8) is 0 Å². The van der Waals surface area contributed by atoms with E-state index in [1.807, 2.05) is 42.5 Å². The number of rotatable bonds is 9. The number of hydrogen-bond acceptors (Lipinski definition) is 5. The van der Waals surface area contributed by atoms with Crippen molar-refractivity contribution in [2.24, 2.45) is 5.92 Å². The van der Waals surface area contributed by atoms with Crippen molar-refractivity contribution in [2.45, 2.75) is 65.0 Å². The fourth-order valence-electron chi connectivity index (χ4n) is 4.01. The summed E-state index contributed by atoms with van der Waals surface area (Å²) in [6, 6.07) is 16.5. The van der Waals surface area contributed by atoms with E-state index in [1.54, 1.807) is 6.07 Å². The SMILES string of the molecule is CCCCCC1OC(Oc2cccc(OCc3ccc4ccc(=O)oc4c3)c2)C[C@H]1C. The van der Waals surface area contributed by atoms with Crippen LogP contribution in [0.4, 0.5) is 0 Å². The molecule has 4 rings (SSSR count). The summed E-state index contributed by atoms with van der Waals surface area (Å²) in [7, 11) is 0. The summed E-state index contributed by atoms with van der Waals surface area (Å²) >= 11 is 0. The highest BCUT2D eigenvalue weighted by Gasteiger charge is 2.33.